The van der Waals surface area contributed by atoms with Gasteiger partial charge in [-0.15, -0.1) is 0 Å². The van der Waals surface area contributed by atoms with Gasteiger partial charge in [-0.2, -0.15) is 8.42 Å². The SMILES string of the molecule is CCc1c(C)ccc(S(=O)(=O)O)c1Oc1ccccc1OC. The summed E-state index contributed by atoms with van der Waals surface area (Å²) in [5.74, 6) is 0.997. The highest BCUT2D eigenvalue weighted by Gasteiger charge is 2.22. The first-order valence-corrected chi connectivity index (χ1v) is 8.23. The Kier molecular flexibility index (Phi) is 4.73. The Hall–Kier alpha value is -2.05. The summed E-state index contributed by atoms with van der Waals surface area (Å²) in [6.45, 7) is 3.76. The van der Waals surface area contributed by atoms with Crippen LogP contribution in [0.4, 0.5) is 0 Å². The quantitative estimate of drug-likeness (QED) is 0.851. The summed E-state index contributed by atoms with van der Waals surface area (Å²) in [4.78, 5) is -0.249. The van der Waals surface area contributed by atoms with Gasteiger partial charge in [-0.25, -0.2) is 0 Å². The third-order valence-electron chi connectivity index (χ3n) is 3.37. The Balaban J connectivity index is 2.65. The van der Waals surface area contributed by atoms with E-state index in [1.165, 1.54) is 13.2 Å². The molecule has 6 heteroatoms. The molecule has 0 unspecified atom stereocenters. The van der Waals surface area contributed by atoms with Crippen LogP contribution in [0.2, 0.25) is 0 Å². The van der Waals surface area contributed by atoms with Crippen LogP contribution in [0.3, 0.4) is 0 Å². The molecule has 1 N–H and O–H groups in total. The van der Waals surface area contributed by atoms with Crippen molar-refractivity contribution < 1.29 is 22.4 Å². The molecule has 0 bridgehead atoms. The smallest absolute Gasteiger partial charge is 0.298 e. The predicted molar refractivity (Wildman–Crippen MR) is 83.4 cm³/mol. The maximum Gasteiger partial charge on any atom is 0.298 e. The van der Waals surface area contributed by atoms with E-state index < -0.39 is 10.1 Å². The van der Waals surface area contributed by atoms with Gasteiger partial charge in [0.15, 0.2) is 17.2 Å². The Morgan fingerprint density at radius 1 is 1.09 bits per heavy atom. The first-order chi connectivity index (χ1) is 10.4. The highest BCUT2D eigenvalue weighted by molar-refractivity contribution is 7.86. The molecule has 22 heavy (non-hydrogen) atoms. The molecule has 5 nitrogen and oxygen atoms in total. The third-order valence-corrected chi connectivity index (χ3v) is 4.25. The van der Waals surface area contributed by atoms with Crippen LogP contribution in [0.25, 0.3) is 0 Å². The van der Waals surface area contributed by atoms with E-state index in [0.717, 1.165) is 11.1 Å². The average molecular weight is 322 g/mol. The van der Waals surface area contributed by atoms with Gasteiger partial charge in [0.25, 0.3) is 10.1 Å². The normalized spacial score (nSPS) is 11.3. The van der Waals surface area contributed by atoms with Crippen molar-refractivity contribution in [3.63, 3.8) is 0 Å². The Labute approximate surface area is 130 Å². The van der Waals surface area contributed by atoms with E-state index in [4.69, 9.17) is 9.47 Å². The monoisotopic (exact) mass is 322 g/mol. The molecule has 0 aliphatic heterocycles. The lowest BCUT2D eigenvalue weighted by Gasteiger charge is -2.17. The van der Waals surface area contributed by atoms with Crippen LogP contribution in [-0.4, -0.2) is 20.1 Å². The van der Waals surface area contributed by atoms with Crippen LogP contribution >= 0.6 is 0 Å². The molecule has 2 aromatic rings. The molecule has 0 aromatic heterocycles. The number of benzene rings is 2. The number of rotatable bonds is 5. The minimum Gasteiger partial charge on any atom is -0.493 e. The molecule has 0 aliphatic rings. The molecular weight excluding hydrogens is 304 g/mol. The predicted octanol–water partition coefficient (Wildman–Crippen LogP) is 3.61. The molecule has 0 aliphatic carbocycles. The minimum absolute atomic E-state index is 0.134. The van der Waals surface area contributed by atoms with Crippen molar-refractivity contribution in [2.75, 3.05) is 7.11 Å². The third kappa shape index (κ3) is 3.23. The molecule has 0 atom stereocenters. The number of ether oxygens (including phenoxy) is 2. The van der Waals surface area contributed by atoms with Crippen LogP contribution in [0.15, 0.2) is 41.3 Å². The fourth-order valence-corrected chi connectivity index (χ4v) is 2.91. The zero-order valence-electron chi connectivity index (χ0n) is 12.7. The fourth-order valence-electron chi connectivity index (χ4n) is 2.27. The van der Waals surface area contributed by atoms with Crippen molar-refractivity contribution in [1.29, 1.82) is 0 Å². The topological polar surface area (TPSA) is 72.8 Å². The number of methoxy groups -OCH3 is 1. The Morgan fingerprint density at radius 3 is 2.27 bits per heavy atom. The summed E-state index contributed by atoms with van der Waals surface area (Å²) in [7, 11) is -2.89. The van der Waals surface area contributed by atoms with E-state index >= 15 is 0 Å². The van der Waals surface area contributed by atoms with E-state index in [2.05, 4.69) is 0 Å². The maximum absolute atomic E-state index is 11.6. The largest absolute Gasteiger partial charge is 0.493 e. The zero-order valence-corrected chi connectivity index (χ0v) is 13.5. The van der Waals surface area contributed by atoms with Gasteiger partial charge in [-0.05, 0) is 42.7 Å². The molecule has 0 fully saturated rings. The van der Waals surface area contributed by atoms with Crippen LogP contribution in [0.1, 0.15) is 18.1 Å². The first kappa shape index (κ1) is 16.3. The van der Waals surface area contributed by atoms with Crippen molar-refractivity contribution in [1.82, 2.24) is 0 Å². The molecule has 2 aromatic carbocycles. The van der Waals surface area contributed by atoms with Gasteiger partial charge in [-0.1, -0.05) is 25.1 Å². The van der Waals surface area contributed by atoms with E-state index in [-0.39, 0.29) is 10.6 Å². The summed E-state index contributed by atoms with van der Waals surface area (Å²) in [5.41, 5.74) is 1.61. The van der Waals surface area contributed by atoms with Gasteiger partial charge in [0.05, 0.1) is 7.11 Å². The fraction of sp³-hybridized carbons (Fsp3) is 0.250. The van der Waals surface area contributed by atoms with Crippen molar-refractivity contribution in [3.8, 4) is 17.2 Å². The van der Waals surface area contributed by atoms with Crippen LogP contribution < -0.4 is 9.47 Å². The summed E-state index contributed by atoms with van der Waals surface area (Å²) in [6, 6.07) is 9.92. The van der Waals surface area contributed by atoms with E-state index in [9.17, 15) is 13.0 Å². The highest BCUT2D eigenvalue weighted by atomic mass is 32.2. The molecule has 0 spiro atoms. The molecular formula is C16H18O5S. The van der Waals surface area contributed by atoms with Crippen molar-refractivity contribution >= 4 is 10.1 Å². The van der Waals surface area contributed by atoms with Crippen LogP contribution in [-0.2, 0) is 16.5 Å². The number of hydrogen-bond acceptors (Lipinski definition) is 4. The lowest BCUT2D eigenvalue weighted by Crippen LogP contribution is -2.05. The second kappa shape index (κ2) is 6.37. The van der Waals surface area contributed by atoms with Gasteiger partial charge >= 0.3 is 0 Å². The Bertz CT molecular complexity index is 781. The number of para-hydroxylation sites is 2. The summed E-state index contributed by atoms with van der Waals surface area (Å²) in [6.07, 6.45) is 0.569. The average Bonchev–Trinajstić information content (AvgIpc) is 2.47. The van der Waals surface area contributed by atoms with Crippen molar-refractivity contribution in [2.45, 2.75) is 25.2 Å². The number of hydrogen-bond donors (Lipinski definition) is 1. The lowest BCUT2D eigenvalue weighted by molar-refractivity contribution is 0.373. The summed E-state index contributed by atoms with van der Waals surface area (Å²) < 4.78 is 43.7. The van der Waals surface area contributed by atoms with Crippen LogP contribution in [0, 0.1) is 6.92 Å². The van der Waals surface area contributed by atoms with Crippen molar-refractivity contribution in [2.24, 2.45) is 0 Å². The Morgan fingerprint density at radius 2 is 1.73 bits per heavy atom. The lowest BCUT2D eigenvalue weighted by atomic mass is 10.1. The minimum atomic E-state index is -4.39. The molecule has 0 amide bonds. The second-order valence-electron chi connectivity index (χ2n) is 4.77. The standard InChI is InChI=1S/C16H18O5S/c1-4-12-11(2)9-10-15(22(17,18)19)16(12)21-14-8-6-5-7-13(14)20-3/h5-10H,4H2,1-3H3,(H,17,18,19). The molecule has 0 saturated heterocycles. The molecule has 2 rings (SSSR count). The van der Waals surface area contributed by atoms with Gasteiger partial charge in [0.1, 0.15) is 4.90 Å². The van der Waals surface area contributed by atoms with Gasteiger partial charge < -0.3 is 9.47 Å². The van der Waals surface area contributed by atoms with E-state index in [0.29, 0.717) is 17.9 Å². The van der Waals surface area contributed by atoms with Crippen LogP contribution in [0.5, 0.6) is 17.2 Å². The molecule has 0 saturated carbocycles. The van der Waals surface area contributed by atoms with E-state index in [1.54, 1.807) is 30.3 Å². The number of aryl methyl sites for hydroxylation is 1. The first-order valence-electron chi connectivity index (χ1n) is 6.79. The maximum atomic E-state index is 11.6. The van der Waals surface area contributed by atoms with Crippen molar-refractivity contribution in [3.05, 3.63) is 47.5 Å². The molecule has 0 radical (unpaired) electrons. The van der Waals surface area contributed by atoms with Gasteiger partial charge in [-0.3, -0.25) is 4.55 Å². The van der Waals surface area contributed by atoms with Gasteiger partial charge in [0, 0.05) is 0 Å². The van der Waals surface area contributed by atoms with E-state index in [1.807, 2.05) is 13.8 Å². The molecule has 0 heterocycles. The van der Waals surface area contributed by atoms with Gasteiger partial charge in [0.2, 0.25) is 0 Å². The second-order valence-corrected chi connectivity index (χ2v) is 6.16. The summed E-state index contributed by atoms with van der Waals surface area (Å²) >= 11 is 0. The summed E-state index contributed by atoms with van der Waals surface area (Å²) in [5, 5.41) is 0. The highest BCUT2D eigenvalue weighted by Crippen LogP contribution is 2.38. The zero-order chi connectivity index (χ0) is 16.3. The molecule has 118 valence electrons.